The van der Waals surface area contributed by atoms with Crippen LogP contribution in [0.3, 0.4) is 0 Å². The van der Waals surface area contributed by atoms with Crippen LogP contribution in [0.4, 0.5) is 4.39 Å². The highest BCUT2D eigenvalue weighted by molar-refractivity contribution is 5.27. The number of hydrogen-bond donors (Lipinski definition) is 2. The Morgan fingerprint density at radius 1 is 1.53 bits per heavy atom. The molecule has 1 fully saturated rings. The summed E-state index contributed by atoms with van der Waals surface area (Å²) in [5.41, 5.74) is 1.97. The van der Waals surface area contributed by atoms with Gasteiger partial charge in [0.25, 0.3) is 0 Å². The molecule has 0 saturated carbocycles. The Morgan fingerprint density at radius 3 is 3.06 bits per heavy atom. The van der Waals surface area contributed by atoms with E-state index in [2.05, 4.69) is 5.32 Å². The molecule has 0 aromatic heterocycles. The van der Waals surface area contributed by atoms with Crippen LogP contribution in [0, 0.1) is 18.7 Å². The van der Waals surface area contributed by atoms with E-state index < -0.39 is 0 Å². The number of aliphatic hydroxyl groups is 1. The van der Waals surface area contributed by atoms with E-state index in [1.54, 1.807) is 6.07 Å². The summed E-state index contributed by atoms with van der Waals surface area (Å²) in [6.45, 7) is 3.87. The van der Waals surface area contributed by atoms with Crippen LogP contribution in [0.25, 0.3) is 0 Å². The largest absolute Gasteiger partial charge is 0.392 e. The molecule has 1 saturated heterocycles. The molecule has 1 aromatic carbocycles. The van der Waals surface area contributed by atoms with Crippen LogP contribution in [0.15, 0.2) is 18.2 Å². The molecule has 0 bridgehead atoms. The lowest BCUT2D eigenvalue weighted by Gasteiger charge is -2.27. The summed E-state index contributed by atoms with van der Waals surface area (Å²) < 4.78 is 13.1. The number of benzene rings is 1. The lowest BCUT2D eigenvalue weighted by atomic mass is 9.89. The zero-order valence-corrected chi connectivity index (χ0v) is 10.2. The van der Waals surface area contributed by atoms with Crippen LogP contribution < -0.4 is 5.32 Å². The molecule has 1 aliphatic rings. The molecule has 0 amide bonds. The van der Waals surface area contributed by atoms with Crippen molar-refractivity contribution in [3.63, 3.8) is 0 Å². The molecular weight excluding hydrogens is 217 g/mol. The maximum Gasteiger partial charge on any atom is 0.123 e. The van der Waals surface area contributed by atoms with Gasteiger partial charge in [0.2, 0.25) is 0 Å². The Labute approximate surface area is 102 Å². The van der Waals surface area contributed by atoms with E-state index in [1.807, 2.05) is 6.92 Å². The van der Waals surface area contributed by atoms with Crippen molar-refractivity contribution in [2.24, 2.45) is 5.92 Å². The van der Waals surface area contributed by atoms with E-state index in [9.17, 15) is 9.50 Å². The van der Waals surface area contributed by atoms with E-state index in [4.69, 9.17) is 0 Å². The third-order valence-electron chi connectivity index (χ3n) is 3.62. The third-order valence-corrected chi connectivity index (χ3v) is 3.62. The van der Waals surface area contributed by atoms with Crippen LogP contribution in [0.1, 0.15) is 24.0 Å². The second-order valence-electron chi connectivity index (χ2n) is 4.95. The first-order valence-electron chi connectivity index (χ1n) is 6.30. The van der Waals surface area contributed by atoms with E-state index in [0.717, 1.165) is 37.1 Å². The van der Waals surface area contributed by atoms with Gasteiger partial charge >= 0.3 is 0 Å². The molecule has 0 spiro atoms. The van der Waals surface area contributed by atoms with E-state index >= 15 is 0 Å². The summed E-state index contributed by atoms with van der Waals surface area (Å²) in [5, 5.41) is 13.5. The molecule has 2 unspecified atom stereocenters. The molecule has 2 atom stereocenters. The Morgan fingerprint density at radius 2 is 2.35 bits per heavy atom. The minimum absolute atomic E-state index is 0.223. The van der Waals surface area contributed by atoms with Crippen LogP contribution in [0.5, 0.6) is 0 Å². The van der Waals surface area contributed by atoms with Gasteiger partial charge in [-0.3, -0.25) is 0 Å². The third kappa shape index (κ3) is 3.27. The molecule has 94 valence electrons. The van der Waals surface area contributed by atoms with Crippen molar-refractivity contribution in [1.29, 1.82) is 0 Å². The fourth-order valence-electron chi connectivity index (χ4n) is 2.46. The van der Waals surface area contributed by atoms with E-state index in [1.165, 1.54) is 12.1 Å². The fourth-order valence-corrected chi connectivity index (χ4v) is 2.46. The van der Waals surface area contributed by atoms with Crippen molar-refractivity contribution in [3.8, 4) is 0 Å². The zero-order chi connectivity index (χ0) is 12.3. The lowest BCUT2D eigenvalue weighted by Crippen LogP contribution is -2.37. The van der Waals surface area contributed by atoms with Gasteiger partial charge in [-0.15, -0.1) is 0 Å². The van der Waals surface area contributed by atoms with Crippen molar-refractivity contribution in [2.45, 2.75) is 32.3 Å². The normalized spacial score (nSPS) is 22.4. The standard InChI is InChI=1S/C14H20FNO/c1-10-4-5-13(15)7-12(10)8-14(17)11-3-2-6-16-9-11/h4-5,7,11,14,16-17H,2-3,6,8-9H2,1H3. The highest BCUT2D eigenvalue weighted by Crippen LogP contribution is 2.20. The van der Waals surface area contributed by atoms with Crippen LogP contribution >= 0.6 is 0 Å². The van der Waals surface area contributed by atoms with Crippen molar-refractivity contribution < 1.29 is 9.50 Å². The molecule has 1 aromatic rings. The predicted molar refractivity (Wildman–Crippen MR) is 66.4 cm³/mol. The number of halogens is 1. The minimum atomic E-state index is -0.372. The minimum Gasteiger partial charge on any atom is -0.392 e. The quantitative estimate of drug-likeness (QED) is 0.843. The average molecular weight is 237 g/mol. The van der Waals surface area contributed by atoms with Gasteiger partial charge in [0, 0.05) is 6.54 Å². The van der Waals surface area contributed by atoms with Gasteiger partial charge in [0.05, 0.1) is 6.10 Å². The Bertz CT molecular complexity index is 374. The predicted octanol–water partition coefficient (Wildman–Crippen LogP) is 2.04. The summed E-state index contributed by atoms with van der Waals surface area (Å²) in [6, 6.07) is 4.78. The molecule has 1 heterocycles. The number of rotatable bonds is 3. The number of aliphatic hydroxyl groups excluding tert-OH is 1. The highest BCUT2D eigenvalue weighted by Gasteiger charge is 2.22. The van der Waals surface area contributed by atoms with E-state index in [-0.39, 0.29) is 11.9 Å². The first-order chi connectivity index (χ1) is 8.16. The summed E-state index contributed by atoms with van der Waals surface area (Å²) in [4.78, 5) is 0. The second-order valence-corrected chi connectivity index (χ2v) is 4.95. The molecule has 2 N–H and O–H groups in total. The molecule has 2 rings (SSSR count). The summed E-state index contributed by atoms with van der Waals surface area (Å²) in [7, 11) is 0. The first-order valence-corrected chi connectivity index (χ1v) is 6.30. The molecule has 17 heavy (non-hydrogen) atoms. The van der Waals surface area contributed by atoms with Crippen molar-refractivity contribution in [3.05, 3.63) is 35.1 Å². The Balaban J connectivity index is 2.01. The van der Waals surface area contributed by atoms with Crippen molar-refractivity contribution in [2.75, 3.05) is 13.1 Å². The Kier molecular flexibility index (Phi) is 4.13. The number of nitrogens with one attached hydrogen (secondary N) is 1. The monoisotopic (exact) mass is 237 g/mol. The molecule has 3 heteroatoms. The maximum absolute atomic E-state index is 13.1. The number of aryl methyl sites for hydroxylation is 1. The van der Waals surface area contributed by atoms with Crippen LogP contribution in [-0.2, 0) is 6.42 Å². The van der Waals surface area contributed by atoms with Gasteiger partial charge in [-0.1, -0.05) is 6.07 Å². The SMILES string of the molecule is Cc1ccc(F)cc1CC(O)C1CCCNC1. The molecular formula is C14H20FNO. The topological polar surface area (TPSA) is 32.3 Å². The van der Waals surface area contributed by atoms with Gasteiger partial charge in [0.15, 0.2) is 0 Å². The van der Waals surface area contributed by atoms with Gasteiger partial charge in [0.1, 0.15) is 5.82 Å². The maximum atomic E-state index is 13.1. The second kappa shape index (κ2) is 5.61. The zero-order valence-electron chi connectivity index (χ0n) is 10.2. The van der Waals surface area contributed by atoms with Crippen molar-refractivity contribution >= 4 is 0 Å². The molecule has 0 radical (unpaired) electrons. The summed E-state index contributed by atoms with van der Waals surface area (Å²) in [5.74, 6) is 0.0750. The smallest absolute Gasteiger partial charge is 0.123 e. The van der Waals surface area contributed by atoms with Crippen molar-refractivity contribution in [1.82, 2.24) is 5.32 Å². The molecule has 0 aliphatic carbocycles. The summed E-state index contributed by atoms with van der Waals surface area (Å²) in [6.07, 6.45) is 2.35. The van der Waals surface area contributed by atoms with Gasteiger partial charge in [-0.05, 0) is 61.9 Å². The van der Waals surface area contributed by atoms with Crippen LogP contribution in [0.2, 0.25) is 0 Å². The van der Waals surface area contributed by atoms with Crippen LogP contribution in [-0.4, -0.2) is 24.3 Å². The average Bonchev–Trinajstić information content (AvgIpc) is 2.35. The van der Waals surface area contributed by atoms with Gasteiger partial charge in [-0.2, -0.15) is 0 Å². The highest BCUT2D eigenvalue weighted by atomic mass is 19.1. The van der Waals surface area contributed by atoms with E-state index in [0.29, 0.717) is 12.3 Å². The van der Waals surface area contributed by atoms with Gasteiger partial charge in [-0.25, -0.2) is 4.39 Å². The lowest BCUT2D eigenvalue weighted by molar-refractivity contribution is 0.0920. The van der Waals surface area contributed by atoms with Gasteiger partial charge < -0.3 is 10.4 Å². The molecule has 1 aliphatic heterocycles. The fraction of sp³-hybridized carbons (Fsp3) is 0.571. The Hall–Kier alpha value is -0.930. The summed E-state index contributed by atoms with van der Waals surface area (Å²) >= 11 is 0. The first kappa shape index (κ1) is 12.5. The number of hydrogen-bond acceptors (Lipinski definition) is 2. The number of piperidine rings is 1. The molecule has 2 nitrogen and oxygen atoms in total.